The highest BCUT2D eigenvalue weighted by Gasteiger charge is 2.50. The Kier molecular flexibility index (Phi) is 12.0. The number of nitrogens with zero attached hydrogens (tertiary/aromatic N) is 1. The molecule has 0 aliphatic carbocycles. The molecule has 0 aromatic heterocycles. The van der Waals surface area contributed by atoms with E-state index in [0.29, 0.717) is 41.2 Å². The van der Waals surface area contributed by atoms with E-state index in [-0.39, 0.29) is 19.6 Å². The minimum atomic E-state index is -1.71. The average Bonchev–Trinajstić information content (AvgIpc) is 2.92. The maximum absolute atomic E-state index is 13.5. The summed E-state index contributed by atoms with van der Waals surface area (Å²) in [4.78, 5) is 28.8. The molecule has 9 nitrogen and oxygen atoms in total. The summed E-state index contributed by atoms with van der Waals surface area (Å²) >= 11 is 0. The van der Waals surface area contributed by atoms with Gasteiger partial charge >= 0.3 is 11.9 Å². The molecule has 0 heterocycles. The Morgan fingerprint density at radius 2 is 1.58 bits per heavy atom. The lowest BCUT2D eigenvalue weighted by Crippen LogP contribution is -2.47. The van der Waals surface area contributed by atoms with Gasteiger partial charge < -0.3 is 34.1 Å². The van der Waals surface area contributed by atoms with Crippen LogP contribution >= 0.6 is 0 Å². The first-order valence-electron chi connectivity index (χ1n) is 12.7. The van der Waals surface area contributed by atoms with Crippen molar-refractivity contribution in [2.45, 2.75) is 57.8 Å². The van der Waals surface area contributed by atoms with Crippen LogP contribution in [0.4, 0.5) is 0 Å². The Labute approximate surface area is 225 Å². The third-order valence-electron chi connectivity index (χ3n) is 6.59. The molecular formula is C29H41NO8. The van der Waals surface area contributed by atoms with Crippen LogP contribution in [0.5, 0.6) is 11.5 Å². The SMILES string of the molecule is COC(=O)C(CCCN(C)CCc1ccc(OC)c(OC)c1)(C(=O)OC(C)C)c1ccc(CO)c(CO)c1. The van der Waals surface area contributed by atoms with Gasteiger partial charge in [0.1, 0.15) is 0 Å². The van der Waals surface area contributed by atoms with Gasteiger partial charge in [-0.2, -0.15) is 0 Å². The van der Waals surface area contributed by atoms with Crippen LogP contribution < -0.4 is 9.47 Å². The van der Waals surface area contributed by atoms with Gasteiger partial charge in [0.2, 0.25) is 0 Å². The van der Waals surface area contributed by atoms with Crippen molar-refractivity contribution in [2.75, 3.05) is 41.5 Å². The number of carbonyl (C=O) groups excluding carboxylic acids is 2. The number of methoxy groups -OCH3 is 3. The summed E-state index contributed by atoms with van der Waals surface area (Å²) in [7, 11) is 6.42. The number of carbonyl (C=O) groups is 2. The van der Waals surface area contributed by atoms with Gasteiger partial charge in [-0.05, 0) is 81.1 Å². The fraction of sp³-hybridized carbons (Fsp3) is 0.517. The zero-order valence-corrected chi connectivity index (χ0v) is 23.3. The van der Waals surface area contributed by atoms with Crippen LogP contribution in [0, 0.1) is 0 Å². The molecule has 0 amide bonds. The minimum absolute atomic E-state index is 0.148. The molecule has 2 N–H and O–H groups in total. The summed E-state index contributed by atoms with van der Waals surface area (Å²) in [6.45, 7) is 4.17. The number of ether oxygens (including phenoxy) is 4. The van der Waals surface area contributed by atoms with Crippen LogP contribution in [0.15, 0.2) is 36.4 Å². The molecule has 0 bridgehead atoms. The van der Waals surface area contributed by atoms with E-state index in [4.69, 9.17) is 18.9 Å². The molecule has 0 aliphatic heterocycles. The van der Waals surface area contributed by atoms with E-state index in [2.05, 4.69) is 4.90 Å². The summed E-state index contributed by atoms with van der Waals surface area (Å²) in [5.74, 6) is -0.0770. The second kappa shape index (κ2) is 14.7. The molecule has 210 valence electrons. The predicted molar refractivity (Wildman–Crippen MR) is 143 cm³/mol. The van der Waals surface area contributed by atoms with E-state index in [9.17, 15) is 19.8 Å². The Morgan fingerprint density at radius 1 is 0.895 bits per heavy atom. The van der Waals surface area contributed by atoms with E-state index in [1.54, 1.807) is 46.3 Å². The van der Waals surface area contributed by atoms with Crippen LogP contribution in [0.2, 0.25) is 0 Å². The summed E-state index contributed by atoms with van der Waals surface area (Å²) in [6, 6.07) is 10.6. The van der Waals surface area contributed by atoms with Crippen molar-refractivity contribution in [3.05, 3.63) is 58.7 Å². The van der Waals surface area contributed by atoms with Gasteiger partial charge in [0.25, 0.3) is 0 Å². The van der Waals surface area contributed by atoms with Gasteiger partial charge in [0.15, 0.2) is 16.9 Å². The Balaban J connectivity index is 2.24. The Hall–Kier alpha value is -3.14. The van der Waals surface area contributed by atoms with Gasteiger partial charge in [0.05, 0.1) is 40.6 Å². The lowest BCUT2D eigenvalue weighted by atomic mass is 9.75. The van der Waals surface area contributed by atoms with Gasteiger partial charge in [-0.25, -0.2) is 0 Å². The average molecular weight is 532 g/mol. The van der Waals surface area contributed by atoms with Crippen LogP contribution in [0.1, 0.15) is 48.9 Å². The summed E-state index contributed by atoms with van der Waals surface area (Å²) in [5, 5.41) is 19.4. The quantitative estimate of drug-likeness (QED) is 0.264. The Bertz CT molecular complexity index is 1070. The summed E-state index contributed by atoms with van der Waals surface area (Å²) in [5.41, 5.74) is 0.703. The lowest BCUT2D eigenvalue weighted by Gasteiger charge is -2.31. The summed E-state index contributed by atoms with van der Waals surface area (Å²) in [6.07, 6.45) is 0.984. The fourth-order valence-corrected chi connectivity index (χ4v) is 4.43. The Morgan fingerprint density at radius 3 is 2.16 bits per heavy atom. The standard InChI is InChI=1S/C29H41NO8/c1-20(2)38-28(34)29(27(33)37-6,24-10-9-22(18-31)23(17-24)19-32)13-7-14-30(3)15-12-21-8-11-25(35-4)26(16-21)36-5/h8-11,16-17,20,31-32H,7,12-15,18-19H2,1-6H3. The van der Waals surface area contributed by atoms with Crippen LogP contribution in [0.3, 0.4) is 0 Å². The molecule has 1 atom stereocenters. The van der Waals surface area contributed by atoms with Crippen LogP contribution in [-0.2, 0) is 44.1 Å². The van der Waals surface area contributed by atoms with Gasteiger partial charge in [-0.3, -0.25) is 9.59 Å². The number of likely N-dealkylation sites (N-methyl/N-ethyl adjacent to an activating group) is 1. The predicted octanol–water partition coefficient (Wildman–Crippen LogP) is 3.01. The zero-order chi connectivity index (χ0) is 28.3. The molecule has 0 saturated carbocycles. The molecule has 0 spiro atoms. The second-order valence-electron chi connectivity index (χ2n) is 9.50. The number of esters is 2. The molecule has 0 saturated heterocycles. The van der Waals surface area contributed by atoms with E-state index in [1.807, 2.05) is 25.2 Å². The van der Waals surface area contributed by atoms with Crippen LogP contribution in [0.25, 0.3) is 0 Å². The van der Waals surface area contributed by atoms with E-state index >= 15 is 0 Å². The molecular weight excluding hydrogens is 490 g/mol. The third kappa shape index (κ3) is 7.46. The van der Waals surface area contributed by atoms with E-state index < -0.39 is 23.5 Å². The topological polar surface area (TPSA) is 115 Å². The molecule has 0 aliphatic rings. The maximum Gasteiger partial charge on any atom is 0.328 e. The molecule has 1 unspecified atom stereocenters. The smallest absolute Gasteiger partial charge is 0.328 e. The van der Waals surface area contributed by atoms with Crippen molar-refractivity contribution >= 4 is 11.9 Å². The summed E-state index contributed by atoms with van der Waals surface area (Å²) < 4.78 is 21.3. The first-order valence-corrected chi connectivity index (χ1v) is 12.7. The monoisotopic (exact) mass is 531 g/mol. The number of hydrogen-bond donors (Lipinski definition) is 2. The molecule has 2 rings (SSSR count). The zero-order valence-electron chi connectivity index (χ0n) is 23.3. The van der Waals surface area contributed by atoms with E-state index in [0.717, 1.165) is 18.5 Å². The first kappa shape index (κ1) is 31.1. The maximum atomic E-state index is 13.5. The highest BCUT2D eigenvalue weighted by molar-refractivity contribution is 6.06. The van der Waals surface area contributed by atoms with Crippen molar-refractivity contribution in [1.29, 1.82) is 0 Å². The molecule has 0 fully saturated rings. The first-order chi connectivity index (χ1) is 18.2. The van der Waals surface area contributed by atoms with Crippen molar-refractivity contribution in [2.24, 2.45) is 0 Å². The molecule has 0 radical (unpaired) electrons. The van der Waals surface area contributed by atoms with Crippen LogP contribution in [-0.4, -0.2) is 74.6 Å². The van der Waals surface area contributed by atoms with Gasteiger partial charge in [-0.1, -0.05) is 24.3 Å². The molecule has 9 heteroatoms. The van der Waals surface area contributed by atoms with Crippen molar-refractivity contribution in [3.63, 3.8) is 0 Å². The van der Waals surface area contributed by atoms with Crippen molar-refractivity contribution in [1.82, 2.24) is 4.90 Å². The second-order valence-corrected chi connectivity index (χ2v) is 9.50. The molecule has 38 heavy (non-hydrogen) atoms. The highest BCUT2D eigenvalue weighted by atomic mass is 16.6. The largest absolute Gasteiger partial charge is 0.493 e. The van der Waals surface area contributed by atoms with Gasteiger partial charge in [-0.15, -0.1) is 0 Å². The third-order valence-corrected chi connectivity index (χ3v) is 6.59. The number of rotatable bonds is 15. The highest BCUT2D eigenvalue weighted by Crippen LogP contribution is 2.35. The normalized spacial score (nSPS) is 12.8. The van der Waals surface area contributed by atoms with Gasteiger partial charge in [0, 0.05) is 6.54 Å². The van der Waals surface area contributed by atoms with E-state index in [1.165, 1.54) is 7.11 Å². The molecule has 2 aromatic carbocycles. The number of aliphatic hydroxyl groups excluding tert-OH is 2. The molecule has 2 aromatic rings. The van der Waals surface area contributed by atoms with Crippen molar-refractivity contribution in [3.8, 4) is 11.5 Å². The lowest BCUT2D eigenvalue weighted by molar-refractivity contribution is -0.166. The number of benzene rings is 2. The number of hydrogen-bond acceptors (Lipinski definition) is 9. The van der Waals surface area contributed by atoms with Crippen molar-refractivity contribution < 1.29 is 38.7 Å². The fourth-order valence-electron chi connectivity index (χ4n) is 4.43. The minimum Gasteiger partial charge on any atom is -0.493 e. The number of aliphatic hydroxyl groups is 2.